The van der Waals surface area contributed by atoms with Gasteiger partial charge in [0.05, 0.1) is 0 Å². The first-order valence-electron chi connectivity index (χ1n) is 14.6. The van der Waals surface area contributed by atoms with E-state index in [2.05, 4.69) is 179 Å². The third-order valence-corrected chi connectivity index (χ3v) is 13.8. The second-order valence-electron chi connectivity index (χ2n) is 10.3. The van der Waals surface area contributed by atoms with Gasteiger partial charge in [-0.15, -0.1) is 0 Å². The standard InChI is InChI=1S/C38H32N2P3/c1-5-17-31(18-6-1)42(32-19-7-2-8-20-32)37-27-15-13-25-35(37)39-29-30-40(41-39)36-26-14-16-28-38(36)43(33-21-9-3-10-22-33)34-23-11-4-12-24-34/h1-28H,29-30H2/q-1. The fourth-order valence-electron chi connectivity index (χ4n) is 5.65. The van der Waals surface area contributed by atoms with E-state index in [1.165, 1.54) is 52.1 Å². The summed E-state index contributed by atoms with van der Waals surface area (Å²) < 4.78 is 5.11. The summed E-state index contributed by atoms with van der Waals surface area (Å²) in [4.78, 5) is 0. The van der Waals surface area contributed by atoms with Crippen LogP contribution in [0, 0.1) is 0 Å². The summed E-state index contributed by atoms with van der Waals surface area (Å²) >= 11 is 0. The Morgan fingerprint density at radius 2 is 0.628 bits per heavy atom. The second kappa shape index (κ2) is 13.2. The van der Waals surface area contributed by atoms with Gasteiger partial charge in [-0.25, -0.2) is 0 Å². The molecule has 0 atom stereocenters. The Labute approximate surface area is 259 Å². The van der Waals surface area contributed by atoms with E-state index >= 15 is 0 Å². The zero-order chi connectivity index (χ0) is 28.8. The number of hydrogen-bond acceptors (Lipinski definition) is 2. The molecule has 1 fully saturated rings. The smallest absolute Gasteiger partial charge is 0.0177 e. The molecule has 0 saturated carbocycles. The highest BCUT2D eigenvalue weighted by atomic mass is 31.1. The highest BCUT2D eigenvalue weighted by molar-refractivity contribution is 7.80. The highest BCUT2D eigenvalue weighted by Crippen LogP contribution is 2.45. The van der Waals surface area contributed by atoms with Crippen LogP contribution >= 0.6 is 24.7 Å². The maximum absolute atomic E-state index is 2.56. The van der Waals surface area contributed by atoms with Crippen molar-refractivity contribution >= 4 is 67.9 Å². The predicted molar refractivity (Wildman–Crippen MR) is 192 cm³/mol. The first-order valence-corrected chi connectivity index (χ1v) is 18.1. The first-order chi connectivity index (χ1) is 21.4. The lowest BCUT2D eigenvalue weighted by Gasteiger charge is -2.40. The summed E-state index contributed by atoms with van der Waals surface area (Å²) in [6.45, 7) is 1.96. The monoisotopic (exact) mass is 609 g/mol. The average molecular weight is 610 g/mol. The number of para-hydroxylation sites is 2. The van der Waals surface area contributed by atoms with Crippen molar-refractivity contribution in [2.75, 3.05) is 22.4 Å². The van der Waals surface area contributed by atoms with E-state index < -0.39 is 15.8 Å². The van der Waals surface area contributed by atoms with E-state index in [0.29, 0.717) is 0 Å². The molecule has 1 heterocycles. The minimum absolute atomic E-state index is 0.690. The summed E-state index contributed by atoms with van der Waals surface area (Å²) in [6, 6.07) is 62.2. The van der Waals surface area contributed by atoms with E-state index in [0.717, 1.165) is 13.1 Å². The molecule has 0 bridgehead atoms. The molecule has 6 aromatic rings. The molecule has 43 heavy (non-hydrogen) atoms. The first kappa shape index (κ1) is 28.0. The van der Waals surface area contributed by atoms with Crippen molar-refractivity contribution in [1.82, 2.24) is 0 Å². The lowest BCUT2D eigenvalue weighted by Crippen LogP contribution is -2.25. The Kier molecular flexibility index (Phi) is 8.62. The average Bonchev–Trinajstić information content (AvgIpc) is 3.58. The quantitative estimate of drug-likeness (QED) is 0.167. The topological polar surface area (TPSA) is 6.48 Å². The van der Waals surface area contributed by atoms with Gasteiger partial charge in [0, 0.05) is 35.1 Å². The Morgan fingerprint density at radius 3 is 0.953 bits per heavy atom. The van der Waals surface area contributed by atoms with Gasteiger partial charge < -0.3 is 18.2 Å². The van der Waals surface area contributed by atoms with Crippen LogP contribution < -0.4 is 41.2 Å². The van der Waals surface area contributed by atoms with Crippen LogP contribution in [0.25, 0.3) is 0 Å². The Morgan fingerprint density at radius 1 is 0.349 bits per heavy atom. The van der Waals surface area contributed by atoms with Crippen LogP contribution in [0.5, 0.6) is 0 Å². The van der Waals surface area contributed by atoms with E-state index in [-0.39, 0.29) is 0 Å². The van der Waals surface area contributed by atoms with Crippen molar-refractivity contribution in [3.05, 3.63) is 170 Å². The van der Waals surface area contributed by atoms with Crippen LogP contribution in [0.2, 0.25) is 0 Å². The molecular formula is C38H32N2P3-. The van der Waals surface area contributed by atoms with Crippen molar-refractivity contribution in [2.24, 2.45) is 0 Å². The largest absolute Gasteiger partial charge is 0.505 e. The van der Waals surface area contributed by atoms with Gasteiger partial charge in [0.1, 0.15) is 0 Å². The third kappa shape index (κ3) is 6.02. The van der Waals surface area contributed by atoms with Crippen LogP contribution in [0.3, 0.4) is 0 Å². The summed E-state index contributed by atoms with van der Waals surface area (Å²) in [6.07, 6.45) is 0. The molecule has 0 radical (unpaired) electrons. The Bertz CT molecular complexity index is 1550. The summed E-state index contributed by atoms with van der Waals surface area (Å²) in [5.74, 6) is 0. The van der Waals surface area contributed by atoms with E-state index in [1.807, 2.05) is 0 Å². The molecule has 0 aromatic heterocycles. The van der Waals surface area contributed by atoms with Crippen molar-refractivity contribution < 1.29 is 0 Å². The molecule has 210 valence electrons. The maximum atomic E-state index is 2.56. The molecule has 1 aliphatic heterocycles. The number of anilines is 2. The fraction of sp³-hybridized carbons (Fsp3) is 0.0526. The van der Waals surface area contributed by atoms with Crippen molar-refractivity contribution in [1.29, 1.82) is 0 Å². The SMILES string of the molecule is c1ccc(P(c2ccccc2)c2ccccc2N2CCN(c3ccccc3P(c3ccccc3)c3ccccc3)[P-]2)cc1. The molecular weight excluding hydrogens is 577 g/mol. The van der Waals surface area contributed by atoms with Gasteiger partial charge >= 0.3 is 0 Å². The normalized spacial score (nSPS) is 13.2. The van der Waals surface area contributed by atoms with Gasteiger partial charge in [0.25, 0.3) is 0 Å². The molecule has 0 spiro atoms. The Balaban J connectivity index is 1.25. The van der Waals surface area contributed by atoms with Crippen molar-refractivity contribution in [2.45, 2.75) is 0 Å². The minimum Gasteiger partial charge on any atom is -0.505 e. The lowest BCUT2D eigenvalue weighted by atomic mass is 10.3. The van der Waals surface area contributed by atoms with Crippen LogP contribution in [0.15, 0.2) is 170 Å². The number of benzene rings is 6. The van der Waals surface area contributed by atoms with Crippen LogP contribution in [0.1, 0.15) is 0 Å². The molecule has 0 N–H and O–H groups in total. The molecule has 2 nitrogen and oxygen atoms in total. The minimum atomic E-state index is -0.690. The van der Waals surface area contributed by atoms with Gasteiger partial charge in [-0.3, -0.25) is 0 Å². The molecule has 0 amide bonds. The van der Waals surface area contributed by atoms with Gasteiger partial charge in [0.15, 0.2) is 0 Å². The molecule has 0 unspecified atom stereocenters. The summed E-state index contributed by atoms with van der Waals surface area (Å²) in [5, 5.41) is 8.34. The Hall–Kier alpha value is -3.79. The molecule has 5 heteroatoms. The summed E-state index contributed by atoms with van der Waals surface area (Å²) in [5.41, 5.74) is 2.66. The molecule has 1 aliphatic rings. The van der Waals surface area contributed by atoms with E-state index in [4.69, 9.17) is 0 Å². The molecule has 1 saturated heterocycles. The third-order valence-electron chi connectivity index (χ3n) is 7.60. The number of nitrogens with zero attached hydrogens (tertiary/aromatic N) is 2. The van der Waals surface area contributed by atoms with Crippen LogP contribution in [0.4, 0.5) is 11.4 Å². The highest BCUT2D eigenvalue weighted by Gasteiger charge is 2.24. The predicted octanol–water partition coefficient (Wildman–Crippen LogP) is 7.31. The van der Waals surface area contributed by atoms with Crippen LogP contribution in [-0.2, 0) is 0 Å². The van der Waals surface area contributed by atoms with Gasteiger partial charge in [-0.05, 0) is 49.2 Å². The lowest BCUT2D eigenvalue weighted by molar-refractivity contribution is 1.03. The zero-order valence-corrected chi connectivity index (χ0v) is 26.5. The summed E-state index contributed by atoms with van der Waals surface area (Å²) in [7, 11) is -0.185. The van der Waals surface area contributed by atoms with Crippen molar-refractivity contribution in [3.63, 3.8) is 0 Å². The van der Waals surface area contributed by atoms with Gasteiger partial charge in [-0.2, -0.15) is 0 Å². The molecule has 6 aromatic carbocycles. The van der Waals surface area contributed by atoms with Crippen LogP contribution in [-0.4, -0.2) is 13.1 Å². The maximum Gasteiger partial charge on any atom is 0.0177 e. The second-order valence-corrected chi connectivity index (χ2v) is 15.8. The molecule has 7 rings (SSSR count). The number of rotatable bonds is 8. The fourth-order valence-corrected chi connectivity index (χ4v) is 11.9. The van der Waals surface area contributed by atoms with Gasteiger partial charge in [0.2, 0.25) is 0 Å². The van der Waals surface area contributed by atoms with E-state index in [9.17, 15) is 0 Å². The van der Waals surface area contributed by atoms with Gasteiger partial charge in [-0.1, -0.05) is 158 Å². The zero-order valence-electron chi connectivity index (χ0n) is 23.8. The number of hydrogen-bond donors (Lipinski definition) is 0. The van der Waals surface area contributed by atoms with E-state index in [1.54, 1.807) is 0 Å². The van der Waals surface area contributed by atoms with Crippen molar-refractivity contribution in [3.8, 4) is 0 Å². The molecule has 0 aliphatic carbocycles.